The second kappa shape index (κ2) is 8.41. The average Bonchev–Trinajstić information content (AvgIpc) is 2.72. The molecule has 0 saturated carbocycles. The molecule has 0 amide bonds. The monoisotopic (exact) mass is 359 g/mol. The normalized spacial score (nSPS) is 10.6. The third-order valence-corrected chi connectivity index (χ3v) is 4.01. The van der Waals surface area contributed by atoms with Crippen LogP contribution in [0.15, 0.2) is 73.1 Å². The van der Waals surface area contributed by atoms with Gasteiger partial charge < -0.3 is 4.74 Å². The maximum atomic E-state index is 12.7. The van der Waals surface area contributed by atoms with Gasteiger partial charge in [-0.1, -0.05) is 50.2 Å². The molecule has 1 heterocycles. The van der Waals surface area contributed by atoms with Crippen molar-refractivity contribution in [2.75, 3.05) is 6.61 Å². The van der Waals surface area contributed by atoms with Gasteiger partial charge in [-0.25, -0.2) is 0 Å². The number of hydrogen-bond acceptors (Lipinski definition) is 4. The molecule has 4 heteroatoms. The van der Waals surface area contributed by atoms with E-state index in [9.17, 15) is 9.59 Å². The number of aromatic nitrogens is 1. The average molecular weight is 359 g/mol. The van der Waals surface area contributed by atoms with E-state index in [0.717, 1.165) is 11.1 Å². The van der Waals surface area contributed by atoms with Crippen molar-refractivity contribution in [2.45, 2.75) is 13.8 Å². The van der Waals surface area contributed by atoms with E-state index >= 15 is 0 Å². The SMILES string of the molecule is CC(C)COc1cccc(C(=O)C(=O)c2cccc(-c3cccnc3)c2)c1. The first-order valence-electron chi connectivity index (χ1n) is 8.87. The topological polar surface area (TPSA) is 56.3 Å². The molecule has 1 aromatic heterocycles. The number of nitrogens with zero attached hydrogens (tertiary/aromatic N) is 1. The molecule has 0 fully saturated rings. The number of Topliss-reactive ketones (excluding diaryl/α,β-unsaturated/α-hetero) is 2. The lowest BCUT2D eigenvalue weighted by Crippen LogP contribution is -2.15. The Balaban J connectivity index is 1.82. The molecule has 0 aliphatic rings. The Labute approximate surface area is 158 Å². The van der Waals surface area contributed by atoms with Crippen molar-refractivity contribution in [3.63, 3.8) is 0 Å². The molecule has 0 atom stereocenters. The standard InChI is InChI=1S/C23H21NO3/c1-16(2)15-27-21-10-4-8-19(13-21)23(26)22(25)18-7-3-6-17(12-18)20-9-5-11-24-14-20/h3-14,16H,15H2,1-2H3. The largest absolute Gasteiger partial charge is 0.493 e. The summed E-state index contributed by atoms with van der Waals surface area (Å²) in [5.74, 6) is -0.122. The molecule has 0 saturated heterocycles. The molecule has 3 aromatic rings. The highest BCUT2D eigenvalue weighted by Gasteiger charge is 2.19. The number of rotatable bonds is 7. The molecule has 0 N–H and O–H groups in total. The van der Waals surface area contributed by atoms with Crippen molar-refractivity contribution in [1.29, 1.82) is 0 Å². The van der Waals surface area contributed by atoms with Gasteiger partial charge in [0, 0.05) is 29.1 Å². The van der Waals surface area contributed by atoms with E-state index in [1.807, 2.05) is 32.0 Å². The summed E-state index contributed by atoms with van der Waals surface area (Å²) in [4.78, 5) is 29.5. The number of carbonyl (C=O) groups excluding carboxylic acids is 2. The quantitative estimate of drug-likeness (QED) is 0.447. The second-order valence-corrected chi connectivity index (χ2v) is 6.71. The molecule has 0 unspecified atom stereocenters. The summed E-state index contributed by atoms with van der Waals surface area (Å²) >= 11 is 0. The fourth-order valence-electron chi connectivity index (χ4n) is 2.63. The highest BCUT2D eigenvalue weighted by atomic mass is 16.5. The summed E-state index contributed by atoms with van der Waals surface area (Å²) in [6.07, 6.45) is 3.41. The minimum absolute atomic E-state index is 0.327. The smallest absolute Gasteiger partial charge is 0.233 e. The third kappa shape index (κ3) is 4.67. The Kier molecular flexibility index (Phi) is 5.77. The molecule has 27 heavy (non-hydrogen) atoms. The fraction of sp³-hybridized carbons (Fsp3) is 0.174. The predicted molar refractivity (Wildman–Crippen MR) is 105 cm³/mol. The molecule has 0 bridgehead atoms. The van der Waals surface area contributed by atoms with Crippen LogP contribution in [-0.4, -0.2) is 23.2 Å². The summed E-state index contributed by atoms with van der Waals surface area (Å²) < 4.78 is 5.65. The molecular weight excluding hydrogens is 338 g/mol. The van der Waals surface area contributed by atoms with E-state index in [-0.39, 0.29) is 0 Å². The number of hydrogen-bond donors (Lipinski definition) is 0. The van der Waals surface area contributed by atoms with Crippen molar-refractivity contribution in [3.05, 3.63) is 84.2 Å². The van der Waals surface area contributed by atoms with Crippen LogP contribution >= 0.6 is 0 Å². The minimum atomic E-state index is -0.548. The highest BCUT2D eigenvalue weighted by molar-refractivity contribution is 6.49. The maximum absolute atomic E-state index is 12.7. The van der Waals surface area contributed by atoms with E-state index in [1.54, 1.807) is 54.9 Å². The highest BCUT2D eigenvalue weighted by Crippen LogP contribution is 2.21. The van der Waals surface area contributed by atoms with Crippen LogP contribution in [0.5, 0.6) is 5.75 Å². The van der Waals surface area contributed by atoms with Gasteiger partial charge in [-0.3, -0.25) is 14.6 Å². The van der Waals surface area contributed by atoms with Gasteiger partial charge >= 0.3 is 0 Å². The zero-order valence-corrected chi connectivity index (χ0v) is 15.4. The maximum Gasteiger partial charge on any atom is 0.233 e. The van der Waals surface area contributed by atoms with Gasteiger partial charge in [0.2, 0.25) is 11.6 Å². The molecule has 0 radical (unpaired) electrons. The molecule has 0 spiro atoms. The Morgan fingerprint density at radius 2 is 1.56 bits per heavy atom. The molecule has 4 nitrogen and oxygen atoms in total. The number of carbonyl (C=O) groups is 2. The summed E-state index contributed by atoms with van der Waals surface area (Å²) in [5, 5.41) is 0. The Hall–Kier alpha value is -3.27. The zero-order valence-electron chi connectivity index (χ0n) is 15.4. The fourth-order valence-corrected chi connectivity index (χ4v) is 2.63. The van der Waals surface area contributed by atoms with Crippen LogP contribution in [0.2, 0.25) is 0 Å². The van der Waals surface area contributed by atoms with Crippen LogP contribution in [0.4, 0.5) is 0 Å². The van der Waals surface area contributed by atoms with Crippen LogP contribution in [0.25, 0.3) is 11.1 Å². The minimum Gasteiger partial charge on any atom is -0.493 e. The number of ketones is 2. The van der Waals surface area contributed by atoms with Crippen LogP contribution < -0.4 is 4.74 Å². The van der Waals surface area contributed by atoms with Crippen LogP contribution in [0, 0.1) is 5.92 Å². The molecule has 136 valence electrons. The first-order chi connectivity index (χ1) is 13.0. The Bertz CT molecular complexity index is 949. The lowest BCUT2D eigenvalue weighted by atomic mass is 9.98. The van der Waals surface area contributed by atoms with Crippen LogP contribution in [-0.2, 0) is 0 Å². The first-order valence-corrected chi connectivity index (χ1v) is 8.87. The van der Waals surface area contributed by atoms with Crippen molar-refractivity contribution in [3.8, 4) is 16.9 Å². The summed E-state index contributed by atoms with van der Waals surface area (Å²) in [6.45, 7) is 4.65. The van der Waals surface area contributed by atoms with Crippen LogP contribution in [0.3, 0.4) is 0 Å². The lowest BCUT2D eigenvalue weighted by molar-refractivity contribution is 0.0816. The second-order valence-electron chi connectivity index (χ2n) is 6.71. The van der Waals surface area contributed by atoms with Gasteiger partial charge in [0.1, 0.15) is 5.75 Å². The molecule has 0 aliphatic heterocycles. The molecule has 0 aliphatic carbocycles. The van der Waals surface area contributed by atoms with E-state index in [4.69, 9.17) is 4.74 Å². The van der Waals surface area contributed by atoms with E-state index < -0.39 is 11.6 Å². The van der Waals surface area contributed by atoms with Crippen molar-refractivity contribution in [2.24, 2.45) is 5.92 Å². The van der Waals surface area contributed by atoms with Gasteiger partial charge in [-0.05, 0) is 35.7 Å². The van der Waals surface area contributed by atoms with Gasteiger partial charge in [0.25, 0.3) is 0 Å². The number of ether oxygens (including phenoxy) is 1. The van der Waals surface area contributed by atoms with E-state index in [1.165, 1.54) is 0 Å². The third-order valence-electron chi connectivity index (χ3n) is 4.01. The number of pyridine rings is 1. The Morgan fingerprint density at radius 1 is 0.889 bits per heavy atom. The predicted octanol–water partition coefficient (Wildman–Crippen LogP) is 4.85. The lowest BCUT2D eigenvalue weighted by Gasteiger charge is -2.09. The zero-order chi connectivity index (χ0) is 19.2. The van der Waals surface area contributed by atoms with E-state index in [0.29, 0.717) is 29.4 Å². The van der Waals surface area contributed by atoms with Gasteiger partial charge in [0.15, 0.2) is 0 Å². The summed E-state index contributed by atoms with van der Waals surface area (Å²) in [6, 6.07) is 17.5. The number of benzene rings is 2. The molecule has 3 rings (SSSR count). The van der Waals surface area contributed by atoms with Crippen molar-refractivity contribution < 1.29 is 14.3 Å². The van der Waals surface area contributed by atoms with Crippen molar-refractivity contribution in [1.82, 2.24) is 4.98 Å². The van der Waals surface area contributed by atoms with Gasteiger partial charge in [-0.15, -0.1) is 0 Å². The van der Waals surface area contributed by atoms with E-state index in [2.05, 4.69) is 4.98 Å². The molecule has 2 aromatic carbocycles. The Morgan fingerprint density at radius 3 is 2.22 bits per heavy atom. The van der Waals surface area contributed by atoms with Gasteiger partial charge in [0.05, 0.1) is 6.61 Å². The first kappa shape index (κ1) is 18.5. The summed E-state index contributed by atoms with van der Waals surface area (Å²) in [5.41, 5.74) is 2.42. The molecular formula is C23H21NO3. The van der Waals surface area contributed by atoms with Gasteiger partial charge in [-0.2, -0.15) is 0 Å². The van der Waals surface area contributed by atoms with Crippen molar-refractivity contribution >= 4 is 11.6 Å². The summed E-state index contributed by atoms with van der Waals surface area (Å²) in [7, 11) is 0. The van der Waals surface area contributed by atoms with Crippen LogP contribution in [0.1, 0.15) is 34.6 Å².